The molecule has 102 valence electrons. The number of benzene rings is 2. The predicted molar refractivity (Wildman–Crippen MR) is 93.4 cm³/mol. The molecule has 3 aromatic rings. The highest BCUT2D eigenvalue weighted by Gasteiger charge is 2.15. The molecule has 0 saturated heterocycles. The van der Waals surface area contributed by atoms with Gasteiger partial charge >= 0.3 is 0 Å². The van der Waals surface area contributed by atoms with Gasteiger partial charge in [-0.3, -0.25) is 4.57 Å². The Bertz CT molecular complexity index is 798. The second-order valence-electron chi connectivity index (χ2n) is 4.20. The lowest BCUT2D eigenvalue weighted by molar-refractivity contribution is 0.981. The molecule has 2 nitrogen and oxygen atoms in total. The van der Waals surface area contributed by atoms with E-state index in [0.717, 1.165) is 26.1 Å². The van der Waals surface area contributed by atoms with Crippen molar-refractivity contribution < 1.29 is 0 Å². The molecule has 1 aromatic heterocycles. The highest BCUT2D eigenvalue weighted by Crippen LogP contribution is 2.31. The van der Waals surface area contributed by atoms with Crippen molar-refractivity contribution in [3.8, 4) is 5.69 Å². The zero-order chi connectivity index (χ0) is 14.3. The minimum atomic E-state index is 0.285. The maximum Gasteiger partial charge on any atom is 0.129 e. The molecule has 0 radical (unpaired) electrons. The van der Waals surface area contributed by atoms with Crippen LogP contribution in [0, 0.1) is 3.57 Å². The summed E-state index contributed by atoms with van der Waals surface area (Å²) < 4.78 is 3.03. The van der Waals surface area contributed by atoms with Crippen LogP contribution in [0.5, 0.6) is 0 Å². The first kappa shape index (κ1) is 14.4. The van der Waals surface area contributed by atoms with E-state index in [-0.39, 0.29) is 5.88 Å². The average molecular weight is 437 g/mol. The van der Waals surface area contributed by atoms with Gasteiger partial charge in [0.2, 0.25) is 0 Å². The SMILES string of the molecule is ClCc1nc2c(Cl)cccc2n1-c1ccc(I)cc1Cl. The highest BCUT2D eigenvalue weighted by atomic mass is 127. The molecule has 0 bridgehead atoms. The molecule has 0 aliphatic rings. The highest BCUT2D eigenvalue weighted by molar-refractivity contribution is 14.1. The Morgan fingerprint density at radius 1 is 1.10 bits per heavy atom. The van der Waals surface area contributed by atoms with Crippen molar-refractivity contribution >= 4 is 68.4 Å². The molecule has 0 unspecified atom stereocenters. The van der Waals surface area contributed by atoms with Gasteiger partial charge in [0.05, 0.1) is 27.1 Å². The number of hydrogen-bond donors (Lipinski definition) is 0. The van der Waals surface area contributed by atoms with Gasteiger partial charge in [-0.05, 0) is 52.9 Å². The number of imidazole rings is 1. The van der Waals surface area contributed by atoms with Gasteiger partial charge in [-0.2, -0.15) is 0 Å². The largest absolute Gasteiger partial charge is 0.294 e. The van der Waals surface area contributed by atoms with Gasteiger partial charge in [-0.1, -0.05) is 29.3 Å². The van der Waals surface area contributed by atoms with Crippen molar-refractivity contribution in [1.29, 1.82) is 0 Å². The van der Waals surface area contributed by atoms with Crippen LogP contribution >= 0.6 is 57.4 Å². The maximum absolute atomic E-state index is 6.36. The Kier molecular flexibility index (Phi) is 4.13. The first-order valence-electron chi connectivity index (χ1n) is 5.79. The standard InChI is InChI=1S/C14H8Cl3IN2/c15-7-13-19-14-9(16)2-1-3-12(14)20(13)11-5-4-8(18)6-10(11)17/h1-6H,7H2. The molecule has 0 aliphatic heterocycles. The number of rotatable bonds is 2. The molecule has 0 fully saturated rings. The van der Waals surface area contributed by atoms with E-state index in [1.807, 2.05) is 41.0 Å². The van der Waals surface area contributed by atoms with Gasteiger partial charge in [-0.15, -0.1) is 11.6 Å². The lowest BCUT2D eigenvalue weighted by Gasteiger charge is -2.10. The molecule has 0 saturated carbocycles. The smallest absolute Gasteiger partial charge is 0.129 e. The van der Waals surface area contributed by atoms with E-state index in [1.165, 1.54) is 0 Å². The van der Waals surface area contributed by atoms with Crippen molar-refractivity contribution in [1.82, 2.24) is 9.55 Å². The Balaban J connectivity index is 2.37. The summed E-state index contributed by atoms with van der Waals surface area (Å²) >= 11 is 20.8. The topological polar surface area (TPSA) is 17.8 Å². The van der Waals surface area contributed by atoms with Crippen LogP contribution in [0.3, 0.4) is 0 Å². The number of aromatic nitrogens is 2. The predicted octanol–water partition coefficient (Wildman–Crippen LogP) is 5.68. The van der Waals surface area contributed by atoms with Crippen LogP contribution in [0.2, 0.25) is 10.0 Å². The van der Waals surface area contributed by atoms with Crippen molar-refractivity contribution in [3.05, 3.63) is 55.8 Å². The summed E-state index contributed by atoms with van der Waals surface area (Å²) in [5, 5.41) is 1.26. The second-order valence-corrected chi connectivity index (χ2v) is 6.53. The number of nitrogens with zero attached hydrogens (tertiary/aromatic N) is 2. The van der Waals surface area contributed by atoms with Crippen LogP contribution in [-0.2, 0) is 5.88 Å². The van der Waals surface area contributed by atoms with E-state index in [0.29, 0.717) is 10.0 Å². The van der Waals surface area contributed by atoms with Gasteiger partial charge in [0, 0.05) is 3.57 Å². The minimum Gasteiger partial charge on any atom is -0.294 e. The zero-order valence-electron chi connectivity index (χ0n) is 10.1. The zero-order valence-corrected chi connectivity index (χ0v) is 14.5. The van der Waals surface area contributed by atoms with Gasteiger partial charge < -0.3 is 0 Å². The van der Waals surface area contributed by atoms with Crippen molar-refractivity contribution in [2.24, 2.45) is 0 Å². The first-order chi connectivity index (χ1) is 9.61. The summed E-state index contributed by atoms with van der Waals surface area (Å²) in [6.45, 7) is 0. The summed E-state index contributed by atoms with van der Waals surface area (Å²) in [6, 6.07) is 11.5. The van der Waals surface area contributed by atoms with E-state index in [1.54, 1.807) is 0 Å². The molecule has 2 aromatic carbocycles. The van der Waals surface area contributed by atoms with Crippen LogP contribution < -0.4 is 0 Å². The fraction of sp³-hybridized carbons (Fsp3) is 0.0714. The molecule has 0 N–H and O–H groups in total. The van der Waals surface area contributed by atoms with Crippen molar-refractivity contribution in [2.75, 3.05) is 0 Å². The molecular weight excluding hydrogens is 429 g/mol. The fourth-order valence-electron chi connectivity index (χ4n) is 2.13. The van der Waals surface area contributed by atoms with E-state index in [9.17, 15) is 0 Å². The summed E-state index contributed by atoms with van der Waals surface area (Å²) in [7, 11) is 0. The summed E-state index contributed by atoms with van der Waals surface area (Å²) in [5.74, 6) is 1.01. The third kappa shape index (κ3) is 2.41. The number of fused-ring (bicyclic) bond motifs is 1. The van der Waals surface area contributed by atoms with Crippen molar-refractivity contribution in [3.63, 3.8) is 0 Å². The van der Waals surface area contributed by atoms with Crippen LogP contribution in [-0.4, -0.2) is 9.55 Å². The third-order valence-corrected chi connectivity index (χ3v) is 4.49. The average Bonchev–Trinajstić information content (AvgIpc) is 2.79. The Labute approximate surface area is 144 Å². The quantitative estimate of drug-likeness (QED) is 0.373. The number of hydrogen-bond acceptors (Lipinski definition) is 1. The normalized spacial score (nSPS) is 11.2. The molecule has 3 rings (SSSR count). The number of alkyl halides is 1. The van der Waals surface area contributed by atoms with Gasteiger partial charge in [-0.25, -0.2) is 4.98 Å². The minimum absolute atomic E-state index is 0.285. The van der Waals surface area contributed by atoms with Gasteiger partial charge in [0.15, 0.2) is 0 Å². The van der Waals surface area contributed by atoms with Gasteiger partial charge in [0.25, 0.3) is 0 Å². The number of halogens is 4. The molecule has 0 atom stereocenters. The monoisotopic (exact) mass is 436 g/mol. The van der Waals surface area contributed by atoms with E-state index >= 15 is 0 Å². The molecule has 0 spiro atoms. The van der Waals surface area contributed by atoms with Crippen molar-refractivity contribution in [2.45, 2.75) is 5.88 Å². The molecular formula is C14H8Cl3IN2. The summed E-state index contributed by atoms with van der Waals surface area (Å²) in [5.41, 5.74) is 2.49. The van der Waals surface area contributed by atoms with Crippen LogP contribution in [0.4, 0.5) is 0 Å². The fourth-order valence-corrected chi connectivity index (χ4v) is 3.47. The maximum atomic E-state index is 6.36. The molecule has 0 aliphatic carbocycles. The first-order valence-corrected chi connectivity index (χ1v) is 8.16. The lowest BCUT2D eigenvalue weighted by Crippen LogP contribution is -2.00. The van der Waals surface area contributed by atoms with E-state index in [2.05, 4.69) is 27.6 Å². The second kappa shape index (κ2) is 5.72. The molecule has 0 amide bonds. The molecule has 6 heteroatoms. The summed E-state index contributed by atoms with van der Waals surface area (Å²) in [4.78, 5) is 4.51. The van der Waals surface area contributed by atoms with E-state index < -0.39 is 0 Å². The van der Waals surface area contributed by atoms with Crippen LogP contribution in [0.15, 0.2) is 36.4 Å². The lowest BCUT2D eigenvalue weighted by atomic mass is 10.2. The third-order valence-electron chi connectivity index (χ3n) is 2.98. The van der Waals surface area contributed by atoms with Crippen LogP contribution in [0.25, 0.3) is 16.7 Å². The molecule has 20 heavy (non-hydrogen) atoms. The number of para-hydroxylation sites is 1. The molecule has 1 heterocycles. The Morgan fingerprint density at radius 2 is 1.90 bits per heavy atom. The Morgan fingerprint density at radius 3 is 2.60 bits per heavy atom. The van der Waals surface area contributed by atoms with Gasteiger partial charge in [0.1, 0.15) is 11.3 Å². The Hall–Kier alpha value is -0.490. The van der Waals surface area contributed by atoms with Crippen LogP contribution in [0.1, 0.15) is 5.82 Å². The van der Waals surface area contributed by atoms with E-state index in [4.69, 9.17) is 34.8 Å². The summed E-state index contributed by atoms with van der Waals surface area (Å²) in [6.07, 6.45) is 0.